The number of aromatic nitrogens is 2. The lowest BCUT2D eigenvalue weighted by molar-refractivity contribution is -0.146. The second-order valence-corrected chi connectivity index (χ2v) is 8.79. The monoisotopic (exact) mass is 356 g/mol. The molecule has 0 unspecified atom stereocenters. The van der Waals surface area contributed by atoms with Crippen LogP contribution in [0.1, 0.15) is 56.8 Å². The molecule has 6 heteroatoms. The molecule has 0 N–H and O–H groups in total. The first-order valence-electron chi connectivity index (χ1n) is 9.74. The second-order valence-electron chi connectivity index (χ2n) is 8.79. The van der Waals surface area contributed by atoms with Gasteiger partial charge in [0.1, 0.15) is 0 Å². The van der Waals surface area contributed by atoms with Crippen molar-refractivity contribution in [1.29, 1.82) is 0 Å². The van der Waals surface area contributed by atoms with Crippen molar-refractivity contribution in [1.82, 2.24) is 19.8 Å². The van der Waals surface area contributed by atoms with Crippen LogP contribution in [0.5, 0.6) is 0 Å². The van der Waals surface area contributed by atoms with Gasteiger partial charge in [0, 0.05) is 43.1 Å². The van der Waals surface area contributed by atoms with Gasteiger partial charge in [-0.3, -0.25) is 19.6 Å². The Balaban J connectivity index is 1.46. The van der Waals surface area contributed by atoms with E-state index in [0.29, 0.717) is 18.9 Å². The van der Waals surface area contributed by atoms with Crippen LogP contribution >= 0.6 is 0 Å². The number of rotatable bonds is 3. The van der Waals surface area contributed by atoms with Crippen molar-refractivity contribution in [3.63, 3.8) is 0 Å². The summed E-state index contributed by atoms with van der Waals surface area (Å²) in [7, 11) is 0. The zero-order chi connectivity index (χ0) is 18.4. The van der Waals surface area contributed by atoms with Gasteiger partial charge in [0.25, 0.3) is 0 Å². The third kappa shape index (κ3) is 3.33. The number of piperidine rings is 2. The molecule has 1 aromatic heterocycles. The Hall–Kier alpha value is -1.98. The van der Waals surface area contributed by atoms with E-state index in [4.69, 9.17) is 0 Å². The molecule has 1 spiro atoms. The van der Waals surface area contributed by atoms with E-state index in [9.17, 15) is 9.59 Å². The molecule has 3 heterocycles. The SMILES string of the molecule is Cc1cnc(CN2C[C@@]3(CCCN(C(=O)C4(C)CC4)C3)CCC2=O)cn1. The average Bonchev–Trinajstić information content (AvgIpc) is 3.39. The molecule has 1 atom stereocenters. The number of amides is 2. The minimum absolute atomic E-state index is 0.0468. The molecule has 140 valence electrons. The lowest BCUT2D eigenvalue weighted by atomic mass is 9.73. The summed E-state index contributed by atoms with van der Waals surface area (Å²) in [6.07, 6.45) is 9.13. The van der Waals surface area contributed by atoms with Crippen LogP contribution in [-0.2, 0) is 16.1 Å². The Morgan fingerprint density at radius 2 is 1.96 bits per heavy atom. The van der Waals surface area contributed by atoms with Gasteiger partial charge in [0.2, 0.25) is 11.8 Å². The standard InChI is InChI=1S/C20H28N4O2/c1-15-10-22-16(11-21-15)12-24-14-20(6-4-17(24)25)5-3-9-23(13-20)18(26)19(2)7-8-19/h10-11H,3-9,12-14H2,1-2H3/t20-/m0/s1. The van der Waals surface area contributed by atoms with E-state index in [1.807, 2.05) is 11.8 Å². The topological polar surface area (TPSA) is 66.4 Å². The van der Waals surface area contributed by atoms with Crippen molar-refractivity contribution in [2.24, 2.45) is 10.8 Å². The van der Waals surface area contributed by atoms with Gasteiger partial charge in [0.05, 0.1) is 24.1 Å². The molecule has 0 aromatic carbocycles. The van der Waals surface area contributed by atoms with Crippen LogP contribution in [0, 0.1) is 17.8 Å². The summed E-state index contributed by atoms with van der Waals surface area (Å²) >= 11 is 0. The summed E-state index contributed by atoms with van der Waals surface area (Å²) in [5, 5.41) is 0. The van der Waals surface area contributed by atoms with E-state index in [1.54, 1.807) is 12.4 Å². The highest BCUT2D eigenvalue weighted by Crippen LogP contribution is 2.48. The maximum atomic E-state index is 12.8. The van der Waals surface area contributed by atoms with Gasteiger partial charge in [0.15, 0.2) is 0 Å². The van der Waals surface area contributed by atoms with E-state index in [0.717, 1.165) is 63.1 Å². The largest absolute Gasteiger partial charge is 0.342 e. The lowest BCUT2D eigenvalue weighted by Gasteiger charge is -2.48. The van der Waals surface area contributed by atoms with Crippen LogP contribution in [0.3, 0.4) is 0 Å². The predicted molar refractivity (Wildman–Crippen MR) is 97.0 cm³/mol. The minimum atomic E-state index is -0.111. The van der Waals surface area contributed by atoms with Crippen molar-refractivity contribution < 1.29 is 9.59 Å². The highest BCUT2D eigenvalue weighted by Gasteiger charge is 2.50. The number of hydrogen-bond donors (Lipinski definition) is 0. The summed E-state index contributed by atoms with van der Waals surface area (Å²) in [4.78, 5) is 38.0. The number of aryl methyl sites for hydroxylation is 1. The number of nitrogens with zero attached hydrogens (tertiary/aromatic N) is 4. The Bertz CT molecular complexity index is 713. The smallest absolute Gasteiger partial charge is 0.228 e. The summed E-state index contributed by atoms with van der Waals surface area (Å²) in [5.74, 6) is 0.514. The molecule has 26 heavy (non-hydrogen) atoms. The molecule has 3 aliphatic rings. The van der Waals surface area contributed by atoms with Crippen LogP contribution in [0.25, 0.3) is 0 Å². The van der Waals surface area contributed by atoms with Gasteiger partial charge < -0.3 is 9.80 Å². The van der Waals surface area contributed by atoms with Crippen LogP contribution in [-0.4, -0.2) is 51.2 Å². The molecular weight excluding hydrogens is 328 g/mol. The fraction of sp³-hybridized carbons (Fsp3) is 0.700. The van der Waals surface area contributed by atoms with E-state index in [2.05, 4.69) is 21.8 Å². The molecule has 1 saturated carbocycles. The Morgan fingerprint density at radius 1 is 1.15 bits per heavy atom. The zero-order valence-corrected chi connectivity index (χ0v) is 15.8. The van der Waals surface area contributed by atoms with E-state index < -0.39 is 0 Å². The van der Waals surface area contributed by atoms with Crippen LogP contribution in [0.4, 0.5) is 0 Å². The fourth-order valence-electron chi connectivity index (χ4n) is 4.44. The molecule has 2 aliphatic heterocycles. The summed E-state index contributed by atoms with van der Waals surface area (Å²) in [6, 6.07) is 0. The molecule has 3 fully saturated rings. The molecule has 2 amide bonds. The molecule has 0 radical (unpaired) electrons. The Kier molecular flexibility index (Phi) is 4.24. The highest BCUT2D eigenvalue weighted by molar-refractivity contribution is 5.85. The summed E-state index contributed by atoms with van der Waals surface area (Å²) in [5.41, 5.74) is 1.64. The number of likely N-dealkylation sites (tertiary alicyclic amines) is 2. The van der Waals surface area contributed by atoms with Crippen molar-refractivity contribution in [2.75, 3.05) is 19.6 Å². The lowest BCUT2D eigenvalue weighted by Crippen LogP contribution is -2.55. The van der Waals surface area contributed by atoms with E-state index >= 15 is 0 Å². The van der Waals surface area contributed by atoms with Gasteiger partial charge in [-0.05, 0) is 39.0 Å². The predicted octanol–water partition coefficient (Wildman–Crippen LogP) is 2.32. The van der Waals surface area contributed by atoms with Crippen molar-refractivity contribution >= 4 is 11.8 Å². The van der Waals surface area contributed by atoms with Crippen molar-refractivity contribution in [3.05, 3.63) is 23.8 Å². The maximum absolute atomic E-state index is 12.8. The van der Waals surface area contributed by atoms with Crippen molar-refractivity contribution in [2.45, 2.75) is 58.9 Å². The van der Waals surface area contributed by atoms with Crippen LogP contribution in [0.15, 0.2) is 12.4 Å². The molecular formula is C20H28N4O2. The van der Waals surface area contributed by atoms with Gasteiger partial charge in [-0.2, -0.15) is 0 Å². The first-order valence-corrected chi connectivity index (χ1v) is 9.74. The Labute approximate surface area is 155 Å². The zero-order valence-electron chi connectivity index (χ0n) is 15.8. The molecule has 2 saturated heterocycles. The molecule has 6 nitrogen and oxygen atoms in total. The van der Waals surface area contributed by atoms with E-state index in [1.165, 1.54) is 0 Å². The molecule has 4 rings (SSSR count). The highest BCUT2D eigenvalue weighted by atomic mass is 16.2. The maximum Gasteiger partial charge on any atom is 0.228 e. The average molecular weight is 356 g/mol. The van der Waals surface area contributed by atoms with Gasteiger partial charge in [-0.25, -0.2) is 0 Å². The quantitative estimate of drug-likeness (QED) is 0.834. The number of carbonyl (C=O) groups excluding carboxylic acids is 2. The second kappa shape index (κ2) is 6.32. The molecule has 0 bridgehead atoms. The van der Waals surface area contributed by atoms with Crippen LogP contribution in [0.2, 0.25) is 0 Å². The third-order valence-corrected chi connectivity index (χ3v) is 6.40. The van der Waals surface area contributed by atoms with Gasteiger partial charge in [-0.15, -0.1) is 0 Å². The Morgan fingerprint density at radius 3 is 2.65 bits per heavy atom. The molecule has 1 aliphatic carbocycles. The minimum Gasteiger partial charge on any atom is -0.342 e. The summed E-state index contributed by atoms with van der Waals surface area (Å²) in [6.45, 7) is 6.90. The number of carbonyl (C=O) groups is 2. The fourth-order valence-corrected chi connectivity index (χ4v) is 4.44. The number of hydrogen-bond acceptors (Lipinski definition) is 4. The third-order valence-electron chi connectivity index (χ3n) is 6.40. The van der Waals surface area contributed by atoms with Gasteiger partial charge >= 0.3 is 0 Å². The van der Waals surface area contributed by atoms with Crippen LogP contribution < -0.4 is 0 Å². The van der Waals surface area contributed by atoms with Gasteiger partial charge in [-0.1, -0.05) is 6.92 Å². The first kappa shape index (κ1) is 17.4. The van der Waals surface area contributed by atoms with E-state index in [-0.39, 0.29) is 16.7 Å². The first-order chi connectivity index (χ1) is 12.4. The normalized spacial score (nSPS) is 27.7. The molecule has 1 aromatic rings. The van der Waals surface area contributed by atoms with Crippen molar-refractivity contribution in [3.8, 4) is 0 Å². The summed E-state index contributed by atoms with van der Waals surface area (Å²) < 4.78 is 0.